The van der Waals surface area contributed by atoms with E-state index in [0.29, 0.717) is 18.9 Å². The van der Waals surface area contributed by atoms with Crippen molar-refractivity contribution in [2.24, 2.45) is 5.92 Å². The summed E-state index contributed by atoms with van der Waals surface area (Å²) in [7, 11) is -1.90. The molecule has 0 aromatic carbocycles. The Morgan fingerprint density at radius 2 is 1.62 bits per heavy atom. The number of esters is 1. The third kappa shape index (κ3) is 10.7. The van der Waals surface area contributed by atoms with Crippen LogP contribution < -0.4 is 0 Å². The molecule has 0 aromatic rings. The van der Waals surface area contributed by atoms with Crippen LogP contribution in [0.4, 0.5) is 4.79 Å². The normalized spacial score (nSPS) is 17.2. The summed E-state index contributed by atoms with van der Waals surface area (Å²) in [6, 6.07) is 0. The lowest BCUT2D eigenvalue weighted by Gasteiger charge is -2.39. The largest absolute Gasteiger partial charge is 0.466 e. The first kappa shape index (κ1) is 28.9. The van der Waals surface area contributed by atoms with Gasteiger partial charge >= 0.3 is 12.1 Å². The van der Waals surface area contributed by atoms with Gasteiger partial charge in [-0.15, -0.1) is 0 Å². The van der Waals surface area contributed by atoms with Gasteiger partial charge in [-0.2, -0.15) is 0 Å². The fourth-order valence-corrected chi connectivity index (χ4v) is 5.16. The Hall–Kier alpha value is -1.08. The number of carbonyl (C=O) groups excluding carboxylic acids is 2. The van der Waals surface area contributed by atoms with Gasteiger partial charge in [0, 0.05) is 25.6 Å². The number of likely N-dealkylation sites (tertiary alicyclic amines) is 1. The van der Waals surface area contributed by atoms with Crippen LogP contribution in [-0.2, 0) is 18.7 Å². The van der Waals surface area contributed by atoms with Crippen molar-refractivity contribution in [3.63, 3.8) is 0 Å². The highest BCUT2D eigenvalue weighted by Crippen LogP contribution is 2.38. The molecule has 1 amide bonds. The zero-order valence-corrected chi connectivity index (χ0v) is 23.2. The quantitative estimate of drug-likeness (QED) is 0.267. The van der Waals surface area contributed by atoms with Crippen molar-refractivity contribution in [1.29, 1.82) is 0 Å². The van der Waals surface area contributed by atoms with Crippen molar-refractivity contribution in [3.8, 4) is 0 Å². The summed E-state index contributed by atoms with van der Waals surface area (Å²) >= 11 is 0. The van der Waals surface area contributed by atoms with E-state index in [1.54, 1.807) is 0 Å². The van der Waals surface area contributed by atoms with Crippen molar-refractivity contribution in [2.45, 2.75) is 123 Å². The maximum Gasteiger partial charge on any atom is 0.410 e. The van der Waals surface area contributed by atoms with E-state index in [1.807, 2.05) is 32.6 Å². The summed E-state index contributed by atoms with van der Waals surface area (Å²) in [5.41, 5.74) is -0.448. The molecule has 1 aliphatic rings. The molecule has 32 heavy (non-hydrogen) atoms. The molecule has 0 spiro atoms. The van der Waals surface area contributed by atoms with Gasteiger partial charge in [-0.05, 0) is 77.4 Å². The van der Waals surface area contributed by atoms with Crippen molar-refractivity contribution < 1.29 is 23.5 Å². The first-order valence-corrected chi connectivity index (χ1v) is 15.4. The average Bonchev–Trinajstić information content (AvgIpc) is 2.64. The second kappa shape index (κ2) is 12.4. The number of hydrogen-bond donors (Lipinski definition) is 0. The minimum absolute atomic E-state index is 0.0992. The van der Waals surface area contributed by atoms with Crippen LogP contribution in [-0.4, -0.2) is 56.7 Å². The van der Waals surface area contributed by atoms with E-state index < -0.39 is 13.9 Å². The van der Waals surface area contributed by atoms with E-state index in [2.05, 4.69) is 33.9 Å². The number of rotatable bonds is 10. The summed E-state index contributed by atoms with van der Waals surface area (Å²) in [4.78, 5) is 26.0. The Bertz CT molecular complexity index is 586. The first-order valence-electron chi connectivity index (χ1n) is 12.5. The second-order valence-corrected chi connectivity index (χ2v) is 16.4. The molecule has 6 nitrogen and oxygen atoms in total. The van der Waals surface area contributed by atoms with Gasteiger partial charge in [-0.3, -0.25) is 4.79 Å². The zero-order valence-electron chi connectivity index (χ0n) is 22.2. The van der Waals surface area contributed by atoms with Gasteiger partial charge in [0.15, 0.2) is 8.32 Å². The van der Waals surface area contributed by atoms with Gasteiger partial charge in [-0.25, -0.2) is 4.79 Å². The Labute approximate surface area is 197 Å². The van der Waals surface area contributed by atoms with E-state index in [4.69, 9.17) is 13.9 Å². The number of ether oxygens (including phenoxy) is 2. The molecule has 1 heterocycles. The molecule has 0 aliphatic carbocycles. The van der Waals surface area contributed by atoms with Gasteiger partial charge in [0.2, 0.25) is 0 Å². The topological polar surface area (TPSA) is 65.1 Å². The zero-order chi connectivity index (χ0) is 24.6. The third-order valence-electron chi connectivity index (χ3n) is 6.65. The molecule has 1 rings (SSSR count). The second-order valence-electron chi connectivity index (χ2n) is 11.7. The van der Waals surface area contributed by atoms with Gasteiger partial charge in [0.1, 0.15) is 5.60 Å². The van der Waals surface area contributed by atoms with Gasteiger partial charge in [-0.1, -0.05) is 33.6 Å². The van der Waals surface area contributed by atoms with Crippen LogP contribution >= 0.6 is 0 Å². The van der Waals surface area contributed by atoms with Crippen molar-refractivity contribution in [3.05, 3.63) is 0 Å². The Morgan fingerprint density at radius 1 is 1.03 bits per heavy atom. The molecule has 0 radical (unpaired) electrons. The Balaban J connectivity index is 2.52. The minimum atomic E-state index is -1.90. The van der Waals surface area contributed by atoms with Crippen LogP contribution in [0.5, 0.6) is 0 Å². The molecule has 0 N–H and O–H groups in total. The lowest BCUT2D eigenvalue weighted by molar-refractivity contribution is -0.143. The van der Waals surface area contributed by atoms with Crippen LogP contribution in [0.2, 0.25) is 18.1 Å². The molecule has 0 bridgehead atoms. The predicted molar refractivity (Wildman–Crippen MR) is 132 cm³/mol. The molecule has 1 aliphatic heterocycles. The third-order valence-corrected chi connectivity index (χ3v) is 11.2. The maximum atomic E-state index is 12.3. The number of carbonyl (C=O) groups is 2. The minimum Gasteiger partial charge on any atom is -0.466 e. The molecule has 0 unspecified atom stereocenters. The Kier molecular flexibility index (Phi) is 11.2. The number of hydrogen-bond acceptors (Lipinski definition) is 5. The van der Waals surface area contributed by atoms with E-state index in [0.717, 1.165) is 51.6 Å². The molecular weight excluding hydrogens is 422 g/mol. The summed E-state index contributed by atoms with van der Waals surface area (Å²) in [6.07, 6.45) is 6.28. The summed E-state index contributed by atoms with van der Waals surface area (Å²) in [6.45, 7) is 20.8. The number of amides is 1. The monoisotopic (exact) mass is 471 g/mol. The molecule has 1 saturated heterocycles. The van der Waals surface area contributed by atoms with Crippen molar-refractivity contribution >= 4 is 20.4 Å². The van der Waals surface area contributed by atoms with E-state index in [9.17, 15) is 9.59 Å². The maximum absolute atomic E-state index is 12.3. The summed E-state index contributed by atoms with van der Waals surface area (Å²) in [5, 5.41) is 0.143. The molecule has 0 saturated carbocycles. The fourth-order valence-electron chi connectivity index (χ4n) is 3.73. The Morgan fingerprint density at radius 3 is 2.12 bits per heavy atom. The molecule has 0 aromatic heterocycles. The number of piperidine rings is 1. The van der Waals surface area contributed by atoms with Gasteiger partial charge < -0.3 is 18.8 Å². The van der Waals surface area contributed by atoms with E-state index in [1.165, 1.54) is 0 Å². The molecule has 188 valence electrons. The van der Waals surface area contributed by atoms with Crippen LogP contribution in [0.3, 0.4) is 0 Å². The molecular formula is C25H49NO5Si. The lowest BCUT2D eigenvalue weighted by Crippen LogP contribution is -2.44. The summed E-state index contributed by atoms with van der Waals surface area (Å²) < 4.78 is 17.3. The smallest absolute Gasteiger partial charge is 0.410 e. The van der Waals surface area contributed by atoms with Crippen LogP contribution in [0.15, 0.2) is 0 Å². The predicted octanol–water partition coefficient (Wildman–Crippen LogP) is 6.54. The average molecular weight is 472 g/mol. The molecule has 1 fully saturated rings. The highest BCUT2D eigenvalue weighted by atomic mass is 28.4. The molecule has 7 heteroatoms. The van der Waals surface area contributed by atoms with Gasteiger partial charge in [0.25, 0.3) is 0 Å². The van der Waals surface area contributed by atoms with E-state index >= 15 is 0 Å². The van der Waals surface area contributed by atoms with Crippen LogP contribution in [0, 0.1) is 5.92 Å². The lowest BCUT2D eigenvalue weighted by atomic mass is 9.91. The van der Waals surface area contributed by atoms with Crippen LogP contribution in [0.25, 0.3) is 0 Å². The van der Waals surface area contributed by atoms with Crippen molar-refractivity contribution in [1.82, 2.24) is 4.90 Å². The summed E-state index contributed by atoms with van der Waals surface area (Å²) in [5.74, 6) is 0.498. The van der Waals surface area contributed by atoms with Gasteiger partial charge in [0.05, 0.1) is 6.61 Å². The van der Waals surface area contributed by atoms with Crippen LogP contribution in [0.1, 0.15) is 93.4 Å². The SMILES string of the molecule is CCOC(=O)CC[C@@H](CCCC1CCN(C(=O)OC(C)(C)C)CC1)O[Si](C)(C)C(C)(C)C. The van der Waals surface area contributed by atoms with Crippen molar-refractivity contribution in [2.75, 3.05) is 19.7 Å². The first-order chi connectivity index (χ1) is 14.6. The fraction of sp³-hybridized carbons (Fsp3) is 0.920. The highest BCUT2D eigenvalue weighted by molar-refractivity contribution is 6.74. The highest BCUT2D eigenvalue weighted by Gasteiger charge is 2.39. The molecule has 1 atom stereocenters. The number of nitrogens with zero attached hydrogens (tertiary/aromatic N) is 1. The standard InChI is InChI=1S/C25H49NO5Si/c1-10-29-22(27)15-14-21(31-32(8,9)25(5,6)7)13-11-12-20-16-18-26(19-17-20)23(28)30-24(2,3)4/h20-21H,10-19H2,1-9H3/t21-/m1/s1. The van der Waals surface area contributed by atoms with E-state index in [-0.39, 0.29) is 23.2 Å².